The molecule has 1 aliphatic carbocycles. The Hall–Kier alpha value is -0.0400. The Labute approximate surface area is 63.2 Å². The summed E-state index contributed by atoms with van der Waals surface area (Å²) in [6.45, 7) is 3.61. The second-order valence-electron chi connectivity index (χ2n) is 4.00. The lowest BCUT2D eigenvalue weighted by Gasteiger charge is -2.50. The molecule has 2 aliphatic rings. The maximum atomic E-state index is 3.57. The van der Waals surface area contributed by atoms with Crippen molar-refractivity contribution in [2.45, 2.75) is 45.1 Å². The van der Waals surface area contributed by atoms with E-state index in [0.29, 0.717) is 0 Å². The fraction of sp³-hybridized carbons (Fsp3) is 1.00. The number of rotatable bonds is 0. The van der Waals surface area contributed by atoms with Crippen LogP contribution in [0.15, 0.2) is 0 Å². The summed E-state index contributed by atoms with van der Waals surface area (Å²) >= 11 is 0. The topological polar surface area (TPSA) is 12.0 Å². The van der Waals surface area contributed by atoms with Gasteiger partial charge in [0.2, 0.25) is 0 Å². The molecular formula is C9H17N. The van der Waals surface area contributed by atoms with Gasteiger partial charge in [0.05, 0.1) is 0 Å². The van der Waals surface area contributed by atoms with Gasteiger partial charge < -0.3 is 5.32 Å². The zero-order valence-electron chi connectivity index (χ0n) is 6.82. The lowest BCUT2D eigenvalue weighted by atomic mass is 9.61. The molecule has 0 radical (unpaired) electrons. The molecule has 1 saturated heterocycles. The molecule has 1 nitrogen and oxygen atoms in total. The van der Waals surface area contributed by atoms with Gasteiger partial charge in [-0.3, -0.25) is 0 Å². The summed E-state index contributed by atoms with van der Waals surface area (Å²) in [6.07, 6.45) is 7.35. The van der Waals surface area contributed by atoms with Gasteiger partial charge in [0.25, 0.3) is 0 Å². The first kappa shape index (κ1) is 6.66. The summed E-state index contributed by atoms with van der Waals surface area (Å²) in [5.41, 5.74) is 0.748. The van der Waals surface area contributed by atoms with E-state index in [2.05, 4.69) is 12.2 Å². The van der Waals surface area contributed by atoms with Crippen LogP contribution in [0.25, 0.3) is 0 Å². The molecule has 2 fully saturated rings. The Kier molecular flexibility index (Phi) is 1.48. The van der Waals surface area contributed by atoms with Crippen molar-refractivity contribution in [3.05, 3.63) is 0 Å². The zero-order valence-corrected chi connectivity index (χ0v) is 6.82. The molecule has 10 heavy (non-hydrogen) atoms. The third-order valence-corrected chi connectivity index (χ3v) is 3.57. The van der Waals surface area contributed by atoms with E-state index < -0.39 is 0 Å². The molecule has 1 N–H and O–H groups in total. The van der Waals surface area contributed by atoms with Crippen molar-refractivity contribution in [1.29, 1.82) is 0 Å². The third-order valence-electron chi connectivity index (χ3n) is 3.57. The second kappa shape index (κ2) is 2.23. The van der Waals surface area contributed by atoms with Crippen LogP contribution in [0.3, 0.4) is 0 Å². The van der Waals surface area contributed by atoms with Crippen LogP contribution in [0, 0.1) is 5.41 Å². The molecule has 2 rings (SSSR count). The van der Waals surface area contributed by atoms with Crippen LogP contribution in [0.4, 0.5) is 0 Å². The minimum atomic E-state index is 0.748. The third kappa shape index (κ3) is 0.800. The highest BCUT2D eigenvalue weighted by Gasteiger charge is 2.42. The first-order chi connectivity index (χ1) is 4.83. The minimum Gasteiger partial charge on any atom is -0.314 e. The Bertz CT molecular complexity index is 127. The highest BCUT2D eigenvalue weighted by atomic mass is 14.9. The molecule has 0 aromatic carbocycles. The largest absolute Gasteiger partial charge is 0.314 e. The van der Waals surface area contributed by atoms with Gasteiger partial charge in [0.1, 0.15) is 0 Å². The maximum Gasteiger partial charge on any atom is 0.00951 e. The summed E-state index contributed by atoms with van der Waals surface area (Å²) in [7, 11) is 0. The van der Waals surface area contributed by atoms with E-state index >= 15 is 0 Å². The van der Waals surface area contributed by atoms with Crippen molar-refractivity contribution in [3.63, 3.8) is 0 Å². The fourth-order valence-corrected chi connectivity index (χ4v) is 2.51. The minimum absolute atomic E-state index is 0.748. The molecule has 0 aromatic rings. The second-order valence-corrected chi connectivity index (χ2v) is 4.00. The van der Waals surface area contributed by atoms with Gasteiger partial charge >= 0.3 is 0 Å². The van der Waals surface area contributed by atoms with Gasteiger partial charge in [0, 0.05) is 6.04 Å². The number of piperidine rings is 1. The molecular weight excluding hydrogens is 122 g/mol. The quantitative estimate of drug-likeness (QED) is 0.540. The van der Waals surface area contributed by atoms with E-state index in [1.807, 2.05) is 0 Å². The molecule has 58 valence electrons. The standard InChI is InChI=1S/C9H17N/c1-8-9(4-2-5-9)6-3-7-10-8/h8,10H,2-7H2,1H3. The van der Waals surface area contributed by atoms with Gasteiger partial charge in [-0.15, -0.1) is 0 Å². The lowest BCUT2D eigenvalue weighted by Crippen LogP contribution is -2.51. The Morgan fingerprint density at radius 2 is 1.90 bits per heavy atom. The number of hydrogen-bond donors (Lipinski definition) is 1. The molecule has 1 saturated carbocycles. The van der Waals surface area contributed by atoms with Gasteiger partial charge in [-0.05, 0) is 44.6 Å². The first-order valence-electron chi connectivity index (χ1n) is 4.57. The average Bonchev–Trinajstić information content (AvgIpc) is 1.85. The molecule has 1 heterocycles. The van der Waals surface area contributed by atoms with E-state index in [4.69, 9.17) is 0 Å². The fourth-order valence-electron chi connectivity index (χ4n) is 2.51. The van der Waals surface area contributed by atoms with Gasteiger partial charge in [0.15, 0.2) is 0 Å². The monoisotopic (exact) mass is 139 g/mol. The van der Waals surface area contributed by atoms with Crippen LogP contribution in [0.1, 0.15) is 39.0 Å². The van der Waals surface area contributed by atoms with E-state index in [1.165, 1.54) is 38.6 Å². The molecule has 0 aromatic heterocycles. The summed E-state index contributed by atoms with van der Waals surface area (Å²) < 4.78 is 0. The summed E-state index contributed by atoms with van der Waals surface area (Å²) in [6, 6.07) is 0.801. The van der Waals surface area contributed by atoms with Crippen LogP contribution in [-0.4, -0.2) is 12.6 Å². The maximum absolute atomic E-state index is 3.57. The smallest absolute Gasteiger partial charge is 0.00951 e. The molecule has 1 spiro atoms. The molecule has 1 heteroatoms. The summed E-state index contributed by atoms with van der Waals surface area (Å²) in [5.74, 6) is 0. The highest BCUT2D eigenvalue weighted by Crippen LogP contribution is 2.48. The van der Waals surface area contributed by atoms with E-state index in [1.54, 1.807) is 0 Å². The van der Waals surface area contributed by atoms with Gasteiger partial charge in [-0.1, -0.05) is 6.42 Å². The van der Waals surface area contributed by atoms with E-state index in [-0.39, 0.29) is 0 Å². The van der Waals surface area contributed by atoms with Crippen molar-refractivity contribution in [3.8, 4) is 0 Å². The van der Waals surface area contributed by atoms with Crippen LogP contribution < -0.4 is 5.32 Å². The summed E-state index contributed by atoms with van der Waals surface area (Å²) in [5, 5.41) is 3.57. The predicted octanol–water partition coefficient (Wildman–Crippen LogP) is 1.93. The SMILES string of the molecule is CC1NCCCC12CCC2. The van der Waals surface area contributed by atoms with Crippen molar-refractivity contribution in [2.24, 2.45) is 5.41 Å². The van der Waals surface area contributed by atoms with Gasteiger partial charge in [-0.25, -0.2) is 0 Å². The van der Waals surface area contributed by atoms with E-state index in [0.717, 1.165) is 11.5 Å². The zero-order chi connectivity index (χ0) is 7.03. The number of nitrogens with one attached hydrogen (secondary N) is 1. The Balaban J connectivity index is 2.03. The van der Waals surface area contributed by atoms with Crippen LogP contribution in [0.2, 0.25) is 0 Å². The summed E-state index contributed by atoms with van der Waals surface area (Å²) in [4.78, 5) is 0. The Morgan fingerprint density at radius 3 is 2.30 bits per heavy atom. The normalized spacial score (nSPS) is 37.5. The van der Waals surface area contributed by atoms with Gasteiger partial charge in [-0.2, -0.15) is 0 Å². The molecule has 1 aliphatic heterocycles. The Morgan fingerprint density at radius 1 is 1.20 bits per heavy atom. The molecule has 0 amide bonds. The van der Waals surface area contributed by atoms with Crippen molar-refractivity contribution in [2.75, 3.05) is 6.54 Å². The number of hydrogen-bond acceptors (Lipinski definition) is 1. The average molecular weight is 139 g/mol. The van der Waals surface area contributed by atoms with Crippen LogP contribution in [-0.2, 0) is 0 Å². The van der Waals surface area contributed by atoms with Crippen LogP contribution in [0.5, 0.6) is 0 Å². The van der Waals surface area contributed by atoms with Crippen molar-refractivity contribution in [1.82, 2.24) is 5.32 Å². The van der Waals surface area contributed by atoms with Crippen LogP contribution >= 0.6 is 0 Å². The predicted molar refractivity (Wildman–Crippen MR) is 43.0 cm³/mol. The van der Waals surface area contributed by atoms with Crippen molar-refractivity contribution >= 4 is 0 Å². The van der Waals surface area contributed by atoms with E-state index in [9.17, 15) is 0 Å². The van der Waals surface area contributed by atoms with Crippen molar-refractivity contribution < 1.29 is 0 Å². The molecule has 1 atom stereocenters. The lowest BCUT2D eigenvalue weighted by molar-refractivity contribution is 0.0473. The molecule has 0 bridgehead atoms. The first-order valence-corrected chi connectivity index (χ1v) is 4.57. The molecule has 1 unspecified atom stereocenters. The highest BCUT2D eigenvalue weighted by molar-refractivity contribution is 4.97.